The van der Waals surface area contributed by atoms with E-state index in [0.29, 0.717) is 0 Å². The van der Waals surface area contributed by atoms with E-state index in [1.54, 1.807) is 0 Å². The second-order valence-corrected chi connectivity index (χ2v) is 18.5. The quantitative estimate of drug-likeness (QED) is 0.145. The number of anilines is 3. The van der Waals surface area contributed by atoms with Crippen molar-refractivity contribution in [1.82, 2.24) is 4.57 Å². The highest BCUT2D eigenvalue weighted by Gasteiger charge is 2.36. The molecule has 11 aromatic carbocycles. The molecule has 1 heterocycles. The predicted octanol–water partition coefficient (Wildman–Crippen LogP) is 17.9. The van der Waals surface area contributed by atoms with Crippen molar-refractivity contribution in [3.05, 3.63) is 254 Å². The zero-order valence-electron chi connectivity index (χ0n) is 37.5. The van der Waals surface area contributed by atoms with Crippen molar-refractivity contribution in [1.29, 1.82) is 0 Å². The minimum Gasteiger partial charge on any atom is -0.310 e. The van der Waals surface area contributed by atoms with Crippen molar-refractivity contribution in [2.75, 3.05) is 4.90 Å². The first-order valence-electron chi connectivity index (χ1n) is 23.3. The van der Waals surface area contributed by atoms with Crippen molar-refractivity contribution in [2.24, 2.45) is 0 Å². The van der Waals surface area contributed by atoms with Gasteiger partial charge < -0.3 is 9.47 Å². The van der Waals surface area contributed by atoms with E-state index >= 15 is 0 Å². The average molecular weight is 855 g/mol. The summed E-state index contributed by atoms with van der Waals surface area (Å²) in [6, 6.07) is 89.3. The standard InChI is InChI=1S/C65H46N2/c1-65(2)59-40-46(45-32-36-56-58(39-45)64(44-21-9-4-10-22-44)55-29-16-15-28-54(55)63(56)43-19-7-3-8-20-43)31-35-51(59)52-37-33-50(42-60(52)65)66(47-23-11-5-12-24-47)49-34-38-62-57(41-49)53-27-17-18-30-61(53)67(62)48-25-13-6-14-26-48/h3-42H,1-2H3. The van der Waals surface area contributed by atoms with Crippen LogP contribution in [0.1, 0.15) is 25.0 Å². The van der Waals surface area contributed by atoms with Gasteiger partial charge in [-0.15, -0.1) is 0 Å². The van der Waals surface area contributed by atoms with E-state index in [2.05, 4.69) is 266 Å². The summed E-state index contributed by atoms with van der Waals surface area (Å²) in [5.74, 6) is 0. The van der Waals surface area contributed by atoms with Gasteiger partial charge in [0, 0.05) is 38.9 Å². The molecule has 0 spiro atoms. The third-order valence-corrected chi connectivity index (χ3v) is 14.3. The van der Waals surface area contributed by atoms with Crippen LogP contribution in [0.15, 0.2) is 243 Å². The molecule has 0 bridgehead atoms. The molecule has 0 N–H and O–H groups in total. The maximum atomic E-state index is 2.46. The van der Waals surface area contributed by atoms with Crippen LogP contribution >= 0.6 is 0 Å². The smallest absolute Gasteiger partial charge is 0.0542 e. The zero-order chi connectivity index (χ0) is 44.6. The van der Waals surface area contributed by atoms with Gasteiger partial charge in [0.25, 0.3) is 0 Å². The molecule has 13 rings (SSSR count). The Morgan fingerprint density at radius 3 is 1.48 bits per heavy atom. The van der Waals surface area contributed by atoms with Crippen molar-refractivity contribution < 1.29 is 0 Å². The summed E-state index contributed by atoms with van der Waals surface area (Å²) in [7, 11) is 0. The van der Waals surface area contributed by atoms with Gasteiger partial charge in [-0.3, -0.25) is 0 Å². The first-order valence-corrected chi connectivity index (χ1v) is 23.3. The molecule has 1 aliphatic carbocycles. The maximum Gasteiger partial charge on any atom is 0.0542 e. The molecule has 67 heavy (non-hydrogen) atoms. The lowest BCUT2D eigenvalue weighted by atomic mass is 9.81. The zero-order valence-corrected chi connectivity index (χ0v) is 37.5. The Morgan fingerprint density at radius 2 is 0.791 bits per heavy atom. The third kappa shape index (κ3) is 6.18. The van der Waals surface area contributed by atoms with Crippen molar-refractivity contribution in [2.45, 2.75) is 19.3 Å². The van der Waals surface area contributed by atoms with Crippen LogP contribution in [0, 0.1) is 0 Å². The maximum absolute atomic E-state index is 2.46. The molecule has 0 radical (unpaired) electrons. The molecule has 316 valence electrons. The normalized spacial score (nSPS) is 12.7. The summed E-state index contributed by atoms with van der Waals surface area (Å²) in [5.41, 5.74) is 19.5. The summed E-state index contributed by atoms with van der Waals surface area (Å²) in [4.78, 5) is 2.42. The highest BCUT2D eigenvalue weighted by atomic mass is 15.1. The number of para-hydroxylation sites is 3. The molecule has 0 aliphatic heterocycles. The second kappa shape index (κ2) is 15.3. The largest absolute Gasteiger partial charge is 0.310 e. The first-order chi connectivity index (χ1) is 33.0. The molecule has 12 aromatic rings. The van der Waals surface area contributed by atoms with Gasteiger partial charge in [-0.1, -0.05) is 184 Å². The summed E-state index contributed by atoms with van der Waals surface area (Å²) in [6.45, 7) is 4.80. The Morgan fingerprint density at radius 1 is 0.313 bits per heavy atom. The first kappa shape index (κ1) is 39.0. The number of rotatable bonds is 7. The van der Waals surface area contributed by atoms with Gasteiger partial charge in [-0.05, 0) is 150 Å². The molecule has 0 amide bonds. The molecule has 2 nitrogen and oxygen atoms in total. The fourth-order valence-corrected chi connectivity index (χ4v) is 11.2. The van der Waals surface area contributed by atoms with Gasteiger partial charge in [-0.25, -0.2) is 0 Å². The molecule has 0 saturated carbocycles. The van der Waals surface area contributed by atoms with Crippen molar-refractivity contribution >= 4 is 60.4 Å². The highest BCUT2D eigenvalue weighted by molar-refractivity contribution is 6.22. The number of fused-ring (bicyclic) bond motifs is 8. The van der Waals surface area contributed by atoms with E-state index < -0.39 is 0 Å². The summed E-state index contributed by atoms with van der Waals surface area (Å²) in [6.07, 6.45) is 0. The van der Waals surface area contributed by atoms with E-state index in [1.165, 1.54) is 99.0 Å². The molecule has 1 aliphatic rings. The van der Waals surface area contributed by atoms with Gasteiger partial charge in [0.2, 0.25) is 0 Å². The second-order valence-electron chi connectivity index (χ2n) is 18.5. The van der Waals surface area contributed by atoms with Gasteiger partial charge in [0.1, 0.15) is 0 Å². The van der Waals surface area contributed by atoms with Gasteiger partial charge in [-0.2, -0.15) is 0 Å². The van der Waals surface area contributed by atoms with Crippen LogP contribution in [0.3, 0.4) is 0 Å². The molecular weight excluding hydrogens is 809 g/mol. The monoisotopic (exact) mass is 854 g/mol. The Balaban J connectivity index is 0.936. The highest BCUT2D eigenvalue weighted by Crippen LogP contribution is 2.52. The van der Waals surface area contributed by atoms with Crippen LogP contribution in [0.25, 0.3) is 93.5 Å². The molecule has 2 heteroatoms. The topological polar surface area (TPSA) is 8.17 Å². The fourth-order valence-electron chi connectivity index (χ4n) is 11.2. The Hall–Kier alpha value is -8.46. The molecule has 0 atom stereocenters. The van der Waals surface area contributed by atoms with Crippen LogP contribution in [0.4, 0.5) is 17.1 Å². The van der Waals surface area contributed by atoms with Crippen molar-refractivity contribution in [3.63, 3.8) is 0 Å². The predicted molar refractivity (Wildman–Crippen MR) is 284 cm³/mol. The SMILES string of the molecule is CC1(C)c2cc(-c3ccc4c(-c5ccccc5)c5ccccc5c(-c5ccccc5)c4c3)ccc2-c2ccc(N(c3ccccc3)c3ccc4c(c3)c3ccccc3n4-c3ccccc3)cc21. The summed E-state index contributed by atoms with van der Waals surface area (Å²) >= 11 is 0. The summed E-state index contributed by atoms with van der Waals surface area (Å²) in [5, 5.41) is 7.53. The van der Waals surface area contributed by atoms with E-state index in [-0.39, 0.29) is 5.41 Å². The van der Waals surface area contributed by atoms with E-state index in [4.69, 9.17) is 0 Å². The lowest BCUT2D eigenvalue weighted by Gasteiger charge is -2.28. The number of benzene rings is 11. The van der Waals surface area contributed by atoms with Gasteiger partial charge in [0.05, 0.1) is 11.0 Å². The molecule has 0 unspecified atom stereocenters. The van der Waals surface area contributed by atoms with Crippen LogP contribution in [0.2, 0.25) is 0 Å². The molecule has 0 saturated heterocycles. The van der Waals surface area contributed by atoms with Crippen molar-refractivity contribution in [3.8, 4) is 50.2 Å². The van der Waals surface area contributed by atoms with E-state index in [0.717, 1.165) is 22.7 Å². The fraction of sp³-hybridized carbons (Fsp3) is 0.0462. The average Bonchev–Trinajstić information content (AvgIpc) is 3.83. The van der Waals surface area contributed by atoms with E-state index in [9.17, 15) is 0 Å². The molecule has 1 aromatic heterocycles. The Bertz CT molecular complexity index is 3870. The van der Waals surface area contributed by atoms with E-state index in [1.807, 2.05) is 0 Å². The number of hydrogen-bond acceptors (Lipinski definition) is 1. The molecular formula is C65H46N2. The third-order valence-electron chi connectivity index (χ3n) is 14.3. The number of aromatic nitrogens is 1. The van der Waals surface area contributed by atoms with Gasteiger partial charge >= 0.3 is 0 Å². The van der Waals surface area contributed by atoms with Crippen LogP contribution in [-0.2, 0) is 5.41 Å². The molecule has 0 fully saturated rings. The van der Waals surface area contributed by atoms with Crippen LogP contribution in [0.5, 0.6) is 0 Å². The van der Waals surface area contributed by atoms with Crippen LogP contribution < -0.4 is 4.90 Å². The lowest BCUT2D eigenvalue weighted by Crippen LogP contribution is -2.16. The minimum atomic E-state index is -0.241. The summed E-state index contributed by atoms with van der Waals surface area (Å²) < 4.78 is 2.38. The minimum absolute atomic E-state index is 0.241. The lowest BCUT2D eigenvalue weighted by molar-refractivity contribution is 0.660. The number of nitrogens with zero attached hydrogens (tertiary/aromatic N) is 2. The Kier molecular flexibility index (Phi) is 8.91. The van der Waals surface area contributed by atoms with Gasteiger partial charge in [0.15, 0.2) is 0 Å². The number of hydrogen-bond donors (Lipinski definition) is 0. The Labute approximate surface area is 391 Å². The van der Waals surface area contributed by atoms with Crippen LogP contribution in [-0.4, -0.2) is 4.57 Å².